The lowest BCUT2D eigenvalue weighted by Gasteiger charge is -2.35. The summed E-state index contributed by atoms with van der Waals surface area (Å²) >= 11 is 0. The van der Waals surface area contributed by atoms with Crippen LogP contribution < -0.4 is 15.5 Å². The maximum Gasteiger partial charge on any atom is 0.239 e. The van der Waals surface area contributed by atoms with E-state index in [4.69, 9.17) is 0 Å². The second-order valence-electron chi connectivity index (χ2n) is 5.45. The van der Waals surface area contributed by atoms with Crippen molar-refractivity contribution in [3.05, 3.63) is 29.8 Å². The number of nitrogens with zero attached hydrogens (tertiary/aromatic N) is 1. The highest BCUT2D eigenvalue weighted by molar-refractivity contribution is 5.82. The van der Waals surface area contributed by atoms with E-state index in [1.807, 2.05) is 13.1 Å². The van der Waals surface area contributed by atoms with Gasteiger partial charge >= 0.3 is 0 Å². The number of amides is 1. The molecule has 1 amide bonds. The van der Waals surface area contributed by atoms with Crippen LogP contribution in [-0.2, 0) is 4.79 Å². The molecule has 0 spiro atoms. The van der Waals surface area contributed by atoms with Crippen molar-refractivity contribution in [1.29, 1.82) is 0 Å². The lowest BCUT2D eigenvalue weighted by molar-refractivity contribution is -0.119. The molecule has 1 heterocycles. The Morgan fingerprint density at radius 2 is 2.11 bits per heavy atom. The summed E-state index contributed by atoms with van der Waals surface area (Å²) in [5, 5.41) is 6.41. The molecular weight excluding hydrogens is 238 g/mol. The Labute approximate surface area is 114 Å². The van der Waals surface area contributed by atoms with E-state index in [2.05, 4.69) is 33.7 Å². The average Bonchev–Trinajstić information content (AvgIpc) is 3.23. The Hall–Kier alpha value is -1.55. The molecule has 3 rings (SSSR count). The third-order valence-electron chi connectivity index (χ3n) is 3.97. The first-order chi connectivity index (χ1) is 9.28. The molecule has 4 nitrogen and oxygen atoms in total. The van der Waals surface area contributed by atoms with Gasteiger partial charge in [-0.1, -0.05) is 18.2 Å². The first-order valence-corrected chi connectivity index (χ1v) is 7.08. The van der Waals surface area contributed by atoms with Crippen LogP contribution in [0.25, 0.3) is 0 Å². The fourth-order valence-electron chi connectivity index (χ4n) is 2.77. The third kappa shape index (κ3) is 2.73. The van der Waals surface area contributed by atoms with Crippen LogP contribution in [-0.4, -0.2) is 32.1 Å². The predicted molar refractivity (Wildman–Crippen MR) is 76.2 cm³/mol. The van der Waals surface area contributed by atoms with E-state index in [9.17, 15) is 4.79 Å². The predicted octanol–water partition coefficient (Wildman–Crippen LogP) is 1.44. The minimum absolute atomic E-state index is 0.153. The fraction of sp³-hybridized carbons (Fsp3) is 0.533. The molecule has 19 heavy (non-hydrogen) atoms. The highest BCUT2D eigenvalue weighted by Gasteiger charge is 2.27. The van der Waals surface area contributed by atoms with Crippen molar-refractivity contribution in [2.24, 2.45) is 0 Å². The first kappa shape index (κ1) is 12.5. The number of rotatable bonds is 4. The van der Waals surface area contributed by atoms with Crippen molar-refractivity contribution in [2.45, 2.75) is 31.3 Å². The van der Waals surface area contributed by atoms with Crippen molar-refractivity contribution in [3.8, 4) is 0 Å². The Balaban J connectivity index is 1.73. The monoisotopic (exact) mass is 259 g/mol. The van der Waals surface area contributed by atoms with E-state index >= 15 is 0 Å². The van der Waals surface area contributed by atoms with Crippen LogP contribution in [0.3, 0.4) is 0 Å². The molecule has 0 aromatic heterocycles. The number of hydrogen-bond donors (Lipinski definition) is 2. The molecule has 1 unspecified atom stereocenters. The quantitative estimate of drug-likeness (QED) is 0.860. The van der Waals surface area contributed by atoms with Crippen molar-refractivity contribution in [1.82, 2.24) is 10.6 Å². The number of hydrogen-bond acceptors (Lipinski definition) is 3. The smallest absolute Gasteiger partial charge is 0.239 e. The molecule has 1 aliphatic heterocycles. The molecule has 0 saturated heterocycles. The minimum Gasteiger partial charge on any atom is -0.362 e. The van der Waals surface area contributed by atoms with Crippen LogP contribution in [0.15, 0.2) is 24.3 Å². The maximum absolute atomic E-state index is 12.0. The van der Waals surface area contributed by atoms with Gasteiger partial charge in [-0.05, 0) is 37.9 Å². The van der Waals surface area contributed by atoms with Gasteiger partial charge in [0.05, 0.1) is 6.54 Å². The zero-order valence-corrected chi connectivity index (χ0v) is 11.4. The van der Waals surface area contributed by atoms with Crippen LogP contribution >= 0.6 is 0 Å². The fourth-order valence-corrected chi connectivity index (χ4v) is 2.77. The summed E-state index contributed by atoms with van der Waals surface area (Å²) in [7, 11) is 2.00. The largest absolute Gasteiger partial charge is 0.362 e. The Morgan fingerprint density at radius 1 is 1.32 bits per heavy atom. The second-order valence-corrected chi connectivity index (χ2v) is 5.45. The number of anilines is 1. The van der Waals surface area contributed by atoms with E-state index in [1.54, 1.807) is 0 Å². The molecule has 2 aliphatic rings. The molecular formula is C15H21N3O. The van der Waals surface area contributed by atoms with E-state index in [1.165, 1.54) is 11.3 Å². The molecule has 1 aromatic carbocycles. The van der Waals surface area contributed by atoms with Crippen molar-refractivity contribution >= 4 is 11.6 Å². The Morgan fingerprint density at radius 3 is 2.84 bits per heavy atom. The van der Waals surface area contributed by atoms with E-state index in [-0.39, 0.29) is 5.91 Å². The van der Waals surface area contributed by atoms with Crippen molar-refractivity contribution in [2.75, 3.05) is 25.0 Å². The van der Waals surface area contributed by atoms with Gasteiger partial charge in [-0.3, -0.25) is 4.79 Å². The molecule has 102 valence electrons. The maximum atomic E-state index is 12.0. The zero-order chi connectivity index (χ0) is 13.2. The number of benzene rings is 1. The molecule has 1 aromatic rings. The topological polar surface area (TPSA) is 44.4 Å². The lowest BCUT2D eigenvalue weighted by Crippen LogP contribution is -2.42. The Bertz CT molecular complexity index is 470. The van der Waals surface area contributed by atoms with E-state index in [0.29, 0.717) is 18.6 Å². The van der Waals surface area contributed by atoms with Gasteiger partial charge in [-0.2, -0.15) is 0 Å². The van der Waals surface area contributed by atoms with Gasteiger partial charge in [0.25, 0.3) is 0 Å². The highest BCUT2D eigenvalue weighted by Crippen LogP contribution is 2.33. The number of carbonyl (C=O) groups excluding carboxylic acids is 1. The van der Waals surface area contributed by atoms with Gasteiger partial charge in [-0.15, -0.1) is 0 Å². The molecule has 2 N–H and O–H groups in total. The standard InChI is InChI=1S/C15H21N3O/c1-16-13-8-9-18(10-15(19)17-11-6-7-11)14-5-3-2-4-12(13)14/h2-5,11,13,16H,6-10H2,1H3,(H,17,19). The van der Waals surface area contributed by atoms with Gasteiger partial charge in [0.2, 0.25) is 5.91 Å². The summed E-state index contributed by atoms with van der Waals surface area (Å²) in [6.07, 6.45) is 3.33. The van der Waals surface area contributed by atoms with Crippen LogP contribution in [0.5, 0.6) is 0 Å². The molecule has 1 atom stereocenters. The SMILES string of the molecule is CNC1CCN(CC(=O)NC2CC2)c2ccccc21. The number of nitrogens with one attached hydrogen (secondary N) is 2. The summed E-state index contributed by atoms with van der Waals surface area (Å²) in [6, 6.07) is 9.22. The lowest BCUT2D eigenvalue weighted by atomic mass is 9.96. The summed E-state index contributed by atoms with van der Waals surface area (Å²) in [5.74, 6) is 0.153. The van der Waals surface area contributed by atoms with E-state index in [0.717, 1.165) is 25.8 Å². The van der Waals surface area contributed by atoms with E-state index < -0.39 is 0 Å². The van der Waals surface area contributed by atoms with Crippen molar-refractivity contribution in [3.63, 3.8) is 0 Å². The molecule has 1 fully saturated rings. The third-order valence-corrected chi connectivity index (χ3v) is 3.97. The van der Waals surface area contributed by atoms with Gasteiger partial charge in [0, 0.05) is 24.3 Å². The Kier molecular flexibility index (Phi) is 3.42. The van der Waals surface area contributed by atoms with Gasteiger partial charge in [-0.25, -0.2) is 0 Å². The number of fused-ring (bicyclic) bond motifs is 1. The summed E-state index contributed by atoms with van der Waals surface area (Å²) in [5.41, 5.74) is 2.49. The average molecular weight is 259 g/mol. The zero-order valence-electron chi connectivity index (χ0n) is 11.4. The number of para-hydroxylation sites is 1. The van der Waals surface area contributed by atoms with Crippen LogP contribution in [0, 0.1) is 0 Å². The molecule has 0 bridgehead atoms. The molecule has 1 saturated carbocycles. The molecule has 1 aliphatic carbocycles. The van der Waals surface area contributed by atoms with Crippen LogP contribution in [0.1, 0.15) is 30.9 Å². The van der Waals surface area contributed by atoms with Crippen molar-refractivity contribution < 1.29 is 4.79 Å². The van der Waals surface area contributed by atoms with Gasteiger partial charge < -0.3 is 15.5 Å². The summed E-state index contributed by atoms with van der Waals surface area (Å²) in [6.45, 7) is 1.41. The minimum atomic E-state index is 0.153. The second kappa shape index (κ2) is 5.21. The highest BCUT2D eigenvalue weighted by atomic mass is 16.2. The number of carbonyl (C=O) groups is 1. The first-order valence-electron chi connectivity index (χ1n) is 7.08. The van der Waals surface area contributed by atoms with Gasteiger partial charge in [0.1, 0.15) is 0 Å². The van der Waals surface area contributed by atoms with Crippen LogP contribution in [0.4, 0.5) is 5.69 Å². The summed E-state index contributed by atoms with van der Waals surface area (Å²) in [4.78, 5) is 14.1. The molecule has 4 heteroatoms. The van der Waals surface area contributed by atoms with Gasteiger partial charge in [0.15, 0.2) is 0 Å². The normalized spacial score (nSPS) is 21.9. The van der Waals surface area contributed by atoms with Crippen LogP contribution in [0.2, 0.25) is 0 Å². The molecule has 0 radical (unpaired) electrons. The summed E-state index contributed by atoms with van der Waals surface area (Å²) < 4.78 is 0.